The molecule has 0 amide bonds. The van der Waals surface area contributed by atoms with Crippen molar-refractivity contribution in [1.82, 2.24) is 0 Å². The second-order valence-electron chi connectivity index (χ2n) is 3.32. The van der Waals surface area contributed by atoms with Crippen molar-refractivity contribution in [3.63, 3.8) is 0 Å². The monoisotopic (exact) mass is 330 g/mol. The largest absolute Gasteiger partial charge is 0.492 e. The lowest BCUT2D eigenvalue weighted by Gasteiger charge is -2.16. The van der Waals surface area contributed by atoms with Crippen LogP contribution in [0, 0.1) is 11.7 Å². The van der Waals surface area contributed by atoms with Gasteiger partial charge in [-0.15, -0.1) is 0 Å². The van der Waals surface area contributed by atoms with Crippen LogP contribution in [0.5, 0.6) is 5.75 Å². The Morgan fingerprint density at radius 1 is 1.44 bits per heavy atom. The zero-order chi connectivity index (χ0) is 13.9. The number of ether oxygens (including phenoxy) is 1. The quantitative estimate of drug-likeness (QED) is 0.862. The number of carboxylic acids is 1. The predicted molar refractivity (Wildman–Crippen MR) is 56.8 cm³/mol. The molecule has 1 unspecified atom stereocenters. The number of alkyl halides is 3. The van der Waals surface area contributed by atoms with E-state index in [1.54, 1.807) is 0 Å². The van der Waals surface area contributed by atoms with Crippen molar-refractivity contribution in [3.05, 3.63) is 28.5 Å². The van der Waals surface area contributed by atoms with Gasteiger partial charge in [0.25, 0.3) is 0 Å². The first-order valence-corrected chi connectivity index (χ1v) is 5.38. The van der Waals surface area contributed by atoms with Crippen molar-refractivity contribution in [1.29, 1.82) is 0 Å². The summed E-state index contributed by atoms with van der Waals surface area (Å²) in [5.74, 6) is -5.58. The van der Waals surface area contributed by atoms with E-state index in [0.717, 1.165) is 6.07 Å². The molecule has 0 bridgehead atoms. The Balaban J connectivity index is 2.73. The van der Waals surface area contributed by atoms with Crippen molar-refractivity contribution < 1.29 is 32.2 Å². The highest BCUT2D eigenvalue weighted by atomic mass is 79.9. The first-order valence-electron chi connectivity index (χ1n) is 4.59. The van der Waals surface area contributed by atoms with Crippen LogP contribution < -0.4 is 4.74 Å². The predicted octanol–water partition coefficient (Wildman–Crippen LogP) is 3.23. The van der Waals surface area contributed by atoms with Gasteiger partial charge in [-0.25, -0.2) is 4.39 Å². The molecule has 0 radical (unpaired) electrons. The van der Waals surface area contributed by atoms with Gasteiger partial charge in [-0.2, -0.15) is 13.2 Å². The fraction of sp³-hybridized carbons (Fsp3) is 0.300. The van der Waals surface area contributed by atoms with Gasteiger partial charge in [0.2, 0.25) is 0 Å². The van der Waals surface area contributed by atoms with Crippen LogP contribution in [0.25, 0.3) is 0 Å². The maximum Gasteiger partial charge on any atom is 0.405 e. The van der Waals surface area contributed by atoms with Gasteiger partial charge in [-0.1, -0.05) is 0 Å². The third-order valence-corrected chi connectivity index (χ3v) is 2.64. The Morgan fingerprint density at radius 2 is 2.06 bits per heavy atom. The summed E-state index contributed by atoms with van der Waals surface area (Å²) in [5.41, 5.74) is 0. The third kappa shape index (κ3) is 3.86. The summed E-state index contributed by atoms with van der Waals surface area (Å²) >= 11 is 2.86. The van der Waals surface area contributed by atoms with E-state index in [2.05, 4.69) is 20.7 Å². The van der Waals surface area contributed by atoms with Crippen LogP contribution in [0.1, 0.15) is 0 Å². The van der Waals surface area contributed by atoms with Crippen LogP contribution in [-0.4, -0.2) is 23.9 Å². The number of carboxylic acid groups (broad SMARTS) is 1. The van der Waals surface area contributed by atoms with Gasteiger partial charge in [0, 0.05) is 6.07 Å². The Labute approximate surface area is 107 Å². The van der Waals surface area contributed by atoms with E-state index < -0.39 is 30.5 Å². The Hall–Kier alpha value is -1.31. The molecule has 0 spiro atoms. The summed E-state index contributed by atoms with van der Waals surface area (Å²) in [6, 6.07) is 3.33. The van der Waals surface area contributed by atoms with Crippen molar-refractivity contribution >= 4 is 21.9 Å². The molecule has 0 saturated heterocycles. The molecular weight excluding hydrogens is 324 g/mol. The molecule has 0 saturated carbocycles. The maximum atomic E-state index is 13.0. The van der Waals surface area contributed by atoms with Gasteiger partial charge in [-0.05, 0) is 28.1 Å². The normalized spacial score (nSPS) is 13.2. The third-order valence-electron chi connectivity index (χ3n) is 2.00. The topological polar surface area (TPSA) is 46.5 Å². The minimum atomic E-state index is -4.92. The van der Waals surface area contributed by atoms with E-state index in [1.807, 2.05) is 0 Å². The van der Waals surface area contributed by atoms with E-state index in [9.17, 15) is 22.4 Å². The molecule has 1 rings (SSSR count). The highest BCUT2D eigenvalue weighted by molar-refractivity contribution is 9.10. The number of benzene rings is 1. The SMILES string of the molecule is O=C(O)C(COc1ccc(Br)c(F)c1)C(F)(F)F. The van der Waals surface area contributed by atoms with Gasteiger partial charge < -0.3 is 9.84 Å². The average molecular weight is 331 g/mol. The Bertz CT molecular complexity index is 447. The molecule has 0 aromatic heterocycles. The molecule has 0 heterocycles. The van der Waals surface area contributed by atoms with Crippen LogP contribution in [-0.2, 0) is 4.79 Å². The summed E-state index contributed by atoms with van der Waals surface area (Å²) in [5, 5.41) is 8.40. The summed E-state index contributed by atoms with van der Waals surface area (Å²) in [6.07, 6.45) is -4.92. The number of hydrogen-bond donors (Lipinski definition) is 1. The number of carbonyl (C=O) groups is 1. The van der Waals surface area contributed by atoms with Crippen molar-refractivity contribution in [3.8, 4) is 5.75 Å². The van der Waals surface area contributed by atoms with Crippen LogP contribution in [0.2, 0.25) is 0 Å². The molecule has 0 fully saturated rings. The minimum Gasteiger partial charge on any atom is -0.492 e. The number of aliphatic carboxylic acids is 1. The van der Waals surface area contributed by atoms with E-state index in [4.69, 9.17) is 5.11 Å². The lowest BCUT2D eigenvalue weighted by atomic mass is 10.1. The van der Waals surface area contributed by atoms with Gasteiger partial charge >= 0.3 is 12.1 Å². The lowest BCUT2D eigenvalue weighted by Crippen LogP contribution is -2.35. The molecule has 18 heavy (non-hydrogen) atoms. The number of hydrogen-bond acceptors (Lipinski definition) is 2. The lowest BCUT2D eigenvalue weighted by molar-refractivity contribution is -0.198. The molecule has 3 nitrogen and oxygen atoms in total. The molecule has 0 aliphatic carbocycles. The molecule has 100 valence electrons. The Kier molecular flexibility index (Phi) is 4.55. The molecule has 1 aromatic rings. The maximum absolute atomic E-state index is 13.0. The van der Waals surface area contributed by atoms with Crippen LogP contribution in [0.3, 0.4) is 0 Å². The van der Waals surface area contributed by atoms with Crippen LogP contribution >= 0.6 is 15.9 Å². The standard InChI is InChI=1S/C10H7BrF4O3/c11-7-2-1-5(3-8(7)12)18-4-6(9(16)17)10(13,14)15/h1-3,6H,4H2,(H,16,17). The smallest absolute Gasteiger partial charge is 0.405 e. The summed E-state index contributed by atoms with van der Waals surface area (Å²) in [7, 11) is 0. The van der Waals surface area contributed by atoms with E-state index in [-0.39, 0.29) is 10.2 Å². The van der Waals surface area contributed by atoms with E-state index in [0.29, 0.717) is 0 Å². The van der Waals surface area contributed by atoms with Crippen molar-refractivity contribution in [2.45, 2.75) is 6.18 Å². The second-order valence-corrected chi connectivity index (χ2v) is 4.17. The van der Waals surface area contributed by atoms with E-state index in [1.165, 1.54) is 12.1 Å². The van der Waals surface area contributed by atoms with Gasteiger partial charge in [0.15, 0.2) is 5.92 Å². The number of halogens is 5. The molecule has 8 heteroatoms. The second kappa shape index (κ2) is 5.55. The van der Waals surface area contributed by atoms with Gasteiger partial charge in [0.1, 0.15) is 18.2 Å². The fourth-order valence-electron chi connectivity index (χ4n) is 1.05. The Morgan fingerprint density at radius 3 is 2.50 bits per heavy atom. The van der Waals surface area contributed by atoms with Crippen LogP contribution in [0.15, 0.2) is 22.7 Å². The fourth-order valence-corrected chi connectivity index (χ4v) is 1.30. The van der Waals surface area contributed by atoms with Crippen LogP contribution in [0.4, 0.5) is 17.6 Å². The molecule has 0 aliphatic heterocycles. The van der Waals surface area contributed by atoms with E-state index >= 15 is 0 Å². The molecule has 0 aliphatic rings. The highest BCUT2D eigenvalue weighted by Gasteiger charge is 2.45. The summed E-state index contributed by atoms with van der Waals surface area (Å²) in [4.78, 5) is 10.4. The van der Waals surface area contributed by atoms with Crippen molar-refractivity contribution in [2.75, 3.05) is 6.61 Å². The minimum absolute atomic E-state index is 0.125. The van der Waals surface area contributed by atoms with Gasteiger partial charge in [0.05, 0.1) is 4.47 Å². The molecular formula is C10H7BrF4O3. The molecule has 1 N–H and O–H groups in total. The first-order chi connectivity index (χ1) is 8.21. The first kappa shape index (κ1) is 14.7. The number of rotatable bonds is 4. The molecule has 1 aromatic carbocycles. The zero-order valence-corrected chi connectivity index (χ0v) is 10.3. The van der Waals surface area contributed by atoms with Gasteiger partial charge in [-0.3, -0.25) is 4.79 Å². The molecule has 1 atom stereocenters. The zero-order valence-electron chi connectivity index (χ0n) is 8.67. The van der Waals surface area contributed by atoms with Crippen molar-refractivity contribution in [2.24, 2.45) is 5.92 Å². The summed E-state index contributed by atoms with van der Waals surface area (Å²) < 4.78 is 54.6. The average Bonchev–Trinajstić information content (AvgIpc) is 2.21. The highest BCUT2D eigenvalue weighted by Crippen LogP contribution is 2.28. The summed E-state index contributed by atoms with van der Waals surface area (Å²) in [6.45, 7) is -1.11.